The van der Waals surface area contributed by atoms with Crippen LogP contribution < -0.4 is 0 Å². The van der Waals surface area contributed by atoms with Gasteiger partial charge in [-0.3, -0.25) is 14.4 Å². The predicted octanol–water partition coefficient (Wildman–Crippen LogP) is 4.54. The Bertz CT molecular complexity index is 1070. The van der Waals surface area contributed by atoms with Crippen LogP contribution in [0.5, 0.6) is 0 Å². The lowest BCUT2D eigenvalue weighted by Gasteiger charge is -2.32. The van der Waals surface area contributed by atoms with E-state index in [-0.39, 0.29) is 17.8 Å². The topological polar surface area (TPSA) is 77.2 Å². The summed E-state index contributed by atoms with van der Waals surface area (Å²) in [5.74, 6) is -3.48. The van der Waals surface area contributed by atoms with E-state index >= 15 is 0 Å². The first kappa shape index (κ1) is 19.3. The third-order valence-electron chi connectivity index (χ3n) is 5.31. The molecule has 0 saturated heterocycles. The van der Waals surface area contributed by atoms with Gasteiger partial charge in [0.05, 0.1) is 11.6 Å². The fourth-order valence-electron chi connectivity index (χ4n) is 3.92. The molecule has 0 bridgehead atoms. The Morgan fingerprint density at radius 1 is 1.07 bits per heavy atom. The lowest BCUT2D eigenvalue weighted by atomic mass is 9.67. The van der Waals surface area contributed by atoms with Gasteiger partial charge in [0.15, 0.2) is 17.3 Å². The highest BCUT2D eigenvalue weighted by Gasteiger charge is 2.49. The maximum absolute atomic E-state index is 13.5. The largest absolute Gasteiger partial charge is 0.360 e. The molecule has 5 nitrogen and oxygen atoms in total. The summed E-state index contributed by atoms with van der Waals surface area (Å²) < 4.78 is 5.40. The van der Waals surface area contributed by atoms with Gasteiger partial charge in [0.1, 0.15) is 11.7 Å². The normalized spacial score (nSPS) is 21.9. The van der Waals surface area contributed by atoms with E-state index in [9.17, 15) is 14.4 Å². The van der Waals surface area contributed by atoms with Crippen LogP contribution in [0.3, 0.4) is 0 Å². The molecule has 146 valence electrons. The van der Waals surface area contributed by atoms with Crippen molar-refractivity contribution in [2.45, 2.75) is 25.2 Å². The van der Waals surface area contributed by atoms with E-state index in [0.29, 0.717) is 16.5 Å². The molecule has 2 aromatic carbocycles. The van der Waals surface area contributed by atoms with Crippen LogP contribution in [0.2, 0.25) is 5.02 Å². The molecule has 1 aromatic heterocycles. The number of benzene rings is 2. The molecule has 3 unspecified atom stereocenters. The van der Waals surface area contributed by atoms with Crippen molar-refractivity contribution in [2.24, 2.45) is 5.92 Å². The molecule has 6 heteroatoms. The van der Waals surface area contributed by atoms with E-state index in [2.05, 4.69) is 5.16 Å². The van der Waals surface area contributed by atoms with Crippen molar-refractivity contribution in [1.82, 2.24) is 5.16 Å². The number of aryl methyl sites for hydroxylation is 1. The Kier molecular flexibility index (Phi) is 5.16. The molecule has 1 fully saturated rings. The number of carbonyl (C=O) groups is 3. The fourth-order valence-corrected chi connectivity index (χ4v) is 4.05. The second-order valence-electron chi connectivity index (χ2n) is 7.24. The van der Waals surface area contributed by atoms with Crippen molar-refractivity contribution >= 4 is 29.0 Å². The predicted molar refractivity (Wildman–Crippen MR) is 107 cm³/mol. The number of nitrogens with zero attached hydrogens (tertiary/aromatic N) is 1. The highest BCUT2D eigenvalue weighted by Crippen LogP contribution is 2.43. The lowest BCUT2D eigenvalue weighted by Crippen LogP contribution is -2.43. The highest BCUT2D eigenvalue weighted by atomic mass is 35.5. The molecule has 1 saturated carbocycles. The number of aromatic nitrogens is 1. The standard InChI is InChI=1S/C23H18ClNO4/c1-13-11-19(29-25-13)20-17(14-5-3-2-4-6-14)12-18(26)21(23(20)28)22(27)15-7-9-16(24)10-8-15/h2-11,17,20-21H,12H2,1H3. The summed E-state index contributed by atoms with van der Waals surface area (Å²) in [5.41, 5.74) is 1.77. The Labute approximate surface area is 172 Å². The third-order valence-corrected chi connectivity index (χ3v) is 5.56. The van der Waals surface area contributed by atoms with Crippen molar-refractivity contribution in [3.8, 4) is 0 Å². The van der Waals surface area contributed by atoms with E-state index < -0.39 is 29.3 Å². The first-order valence-corrected chi connectivity index (χ1v) is 9.68. The molecule has 1 heterocycles. The average Bonchev–Trinajstić information content (AvgIpc) is 3.14. The molecule has 3 aromatic rings. The monoisotopic (exact) mass is 407 g/mol. The van der Waals surface area contributed by atoms with Crippen LogP contribution in [0.25, 0.3) is 0 Å². The Morgan fingerprint density at radius 2 is 1.76 bits per heavy atom. The van der Waals surface area contributed by atoms with Gasteiger partial charge in [0.2, 0.25) is 0 Å². The van der Waals surface area contributed by atoms with Gasteiger partial charge in [-0.25, -0.2) is 0 Å². The Morgan fingerprint density at radius 3 is 2.38 bits per heavy atom. The van der Waals surface area contributed by atoms with Crippen LogP contribution in [-0.4, -0.2) is 22.5 Å². The number of rotatable bonds is 4. The van der Waals surface area contributed by atoms with Gasteiger partial charge in [-0.05, 0) is 36.8 Å². The SMILES string of the molecule is Cc1cc(C2C(=O)C(C(=O)c3ccc(Cl)cc3)C(=O)CC2c2ccccc2)on1. The van der Waals surface area contributed by atoms with Gasteiger partial charge in [-0.1, -0.05) is 47.1 Å². The third kappa shape index (κ3) is 3.66. The first-order valence-electron chi connectivity index (χ1n) is 9.30. The smallest absolute Gasteiger partial charge is 0.180 e. The number of carbonyl (C=O) groups excluding carboxylic acids is 3. The van der Waals surface area contributed by atoms with E-state index in [1.54, 1.807) is 25.1 Å². The summed E-state index contributed by atoms with van der Waals surface area (Å²) in [5, 5.41) is 4.37. The van der Waals surface area contributed by atoms with E-state index in [4.69, 9.17) is 16.1 Å². The van der Waals surface area contributed by atoms with Crippen molar-refractivity contribution in [3.05, 3.63) is 88.3 Å². The van der Waals surface area contributed by atoms with Crippen molar-refractivity contribution in [2.75, 3.05) is 0 Å². The fraction of sp³-hybridized carbons (Fsp3) is 0.217. The molecule has 0 amide bonds. The number of Topliss-reactive ketones (excluding diaryl/α,β-unsaturated/α-hetero) is 3. The van der Waals surface area contributed by atoms with Gasteiger partial charge in [0, 0.05) is 29.0 Å². The van der Waals surface area contributed by atoms with Crippen molar-refractivity contribution < 1.29 is 18.9 Å². The van der Waals surface area contributed by atoms with Gasteiger partial charge >= 0.3 is 0 Å². The number of hydrogen-bond donors (Lipinski definition) is 0. The van der Waals surface area contributed by atoms with Crippen LogP contribution in [0.1, 0.15) is 45.6 Å². The van der Waals surface area contributed by atoms with Crippen molar-refractivity contribution in [3.63, 3.8) is 0 Å². The molecule has 4 rings (SSSR count). The minimum Gasteiger partial charge on any atom is -0.360 e. The Balaban J connectivity index is 1.75. The van der Waals surface area contributed by atoms with Crippen LogP contribution in [-0.2, 0) is 9.59 Å². The zero-order valence-electron chi connectivity index (χ0n) is 15.7. The van der Waals surface area contributed by atoms with Gasteiger partial charge in [0.25, 0.3) is 0 Å². The number of ketones is 3. The van der Waals surface area contributed by atoms with E-state index in [1.165, 1.54) is 12.1 Å². The van der Waals surface area contributed by atoms with Crippen molar-refractivity contribution in [1.29, 1.82) is 0 Å². The van der Waals surface area contributed by atoms with E-state index in [1.807, 2.05) is 30.3 Å². The molecular formula is C23H18ClNO4. The van der Waals surface area contributed by atoms with Gasteiger partial charge in [-0.2, -0.15) is 0 Å². The summed E-state index contributed by atoms with van der Waals surface area (Å²) >= 11 is 5.89. The van der Waals surface area contributed by atoms with Crippen LogP contribution in [0.15, 0.2) is 65.2 Å². The molecule has 3 atom stereocenters. The number of halogens is 1. The quantitative estimate of drug-likeness (QED) is 0.468. The highest BCUT2D eigenvalue weighted by molar-refractivity contribution is 6.31. The molecule has 0 radical (unpaired) electrons. The minimum absolute atomic E-state index is 0.0736. The summed E-state index contributed by atoms with van der Waals surface area (Å²) in [4.78, 5) is 39.4. The molecule has 1 aliphatic rings. The minimum atomic E-state index is -1.36. The van der Waals surface area contributed by atoms with Gasteiger partial charge in [-0.15, -0.1) is 0 Å². The van der Waals surface area contributed by atoms with Gasteiger partial charge < -0.3 is 4.52 Å². The molecule has 1 aliphatic carbocycles. The zero-order valence-corrected chi connectivity index (χ0v) is 16.4. The zero-order chi connectivity index (χ0) is 20.5. The maximum Gasteiger partial charge on any atom is 0.180 e. The van der Waals surface area contributed by atoms with Crippen LogP contribution in [0, 0.1) is 12.8 Å². The molecule has 29 heavy (non-hydrogen) atoms. The molecular weight excluding hydrogens is 390 g/mol. The summed E-state index contributed by atoms with van der Waals surface area (Å²) in [6.45, 7) is 1.76. The average molecular weight is 408 g/mol. The van der Waals surface area contributed by atoms with Crippen LogP contribution >= 0.6 is 11.6 Å². The summed E-state index contributed by atoms with van der Waals surface area (Å²) in [7, 11) is 0. The second-order valence-corrected chi connectivity index (χ2v) is 7.68. The summed E-state index contributed by atoms with van der Waals surface area (Å²) in [6, 6.07) is 17.2. The molecule has 0 spiro atoms. The second kappa shape index (κ2) is 7.76. The maximum atomic E-state index is 13.5. The van der Waals surface area contributed by atoms with E-state index in [0.717, 1.165) is 5.56 Å². The molecule has 0 N–H and O–H groups in total. The Hall–Kier alpha value is -3.05. The summed E-state index contributed by atoms with van der Waals surface area (Å²) in [6.07, 6.45) is 0.0736. The number of hydrogen-bond acceptors (Lipinski definition) is 5. The molecule has 0 aliphatic heterocycles. The first-order chi connectivity index (χ1) is 14.0. The lowest BCUT2D eigenvalue weighted by molar-refractivity contribution is -0.135. The van der Waals surface area contributed by atoms with Crippen LogP contribution in [0.4, 0.5) is 0 Å².